The van der Waals surface area contributed by atoms with Crippen molar-refractivity contribution in [2.24, 2.45) is 7.05 Å². The number of carbonyl (C=O) groups excluding carboxylic acids is 1. The van der Waals surface area contributed by atoms with E-state index >= 15 is 0 Å². The van der Waals surface area contributed by atoms with E-state index in [1.807, 2.05) is 0 Å². The first-order chi connectivity index (χ1) is 7.72. The molecule has 1 aliphatic heterocycles. The van der Waals surface area contributed by atoms with Crippen LogP contribution >= 0.6 is 0 Å². The highest BCUT2D eigenvalue weighted by atomic mass is 16.5. The minimum atomic E-state index is -0.484. The Morgan fingerprint density at radius 2 is 2.50 bits per heavy atom. The van der Waals surface area contributed by atoms with Crippen molar-refractivity contribution in [1.29, 1.82) is 0 Å². The molecule has 1 atom stereocenters. The minimum Gasteiger partial charge on any atom is -0.460 e. The molecule has 0 amide bonds. The van der Waals surface area contributed by atoms with Crippen LogP contribution in [0.25, 0.3) is 0 Å². The highest BCUT2D eigenvalue weighted by Gasteiger charge is 2.25. The van der Waals surface area contributed by atoms with Gasteiger partial charge in [0.25, 0.3) is 5.82 Å². The maximum absolute atomic E-state index is 11.4. The summed E-state index contributed by atoms with van der Waals surface area (Å²) < 4.78 is 11.9. The molecule has 6 nitrogen and oxygen atoms in total. The molecule has 0 aromatic carbocycles. The molecular weight excluding hydrogens is 210 g/mol. The van der Waals surface area contributed by atoms with Crippen LogP contribution in [-0.4, -0.2) is 33.9 Å². The number of nitrogens with zero attached hydrogens (tertiary/aromatic N) is 3. The zero-order valence-corrected chi connectivity index (χ0v) is 9.47. The molecule has 1 fully saturated rings. The van der Waals surface area contributed by atoms with Crippen LogP contribution in [0.1, 0.15) is 42.3 Å². The van der Waals surface area contributed by atoms with Crippen LogP contribution in [0, 0.1) is 0 Å². The molecule has 2 rings (SSSR count). The number of aromatic nitrogens is 3. The molecule has 1 unspecified atom stereocenters. The predicted molar refractivity (Wildman–Crippen MR) is 54.9 cm³/mol. The van der Waals surface area contributed by atoms with Gasteiger partial charge in [-0.15, -0.1) is 5.10 Å². The molecule has 1 aliphatic rings. The molecular formula is C10H15N3O3. The monoisotopic (exact) mass is 225 g/mol. The van der Waals surface area contributed by atoms with Gasteiger partial charge in [-0.3, -0.25) is 0 Å². The molecule has 6 heteroatoms. The van der Waals surface area contributed by atoms with E-state index in [1.165, 1.54) is 0 Å². The third kappa shape index (κ3) is 2.06. The Hall–Kier alpha value is -1.43. The topological polar surface area (TPSA) is 66.2 Å². The molecule has 1 saturated heterocycles. The van der Waals surface area contributed by atoms with Crippen molar-refractivity contribution in [3.05, 3.63) is 11.6 Å². The van der Waals surface area contributed by atoms with Crippen LogP contribution in [-0.2, 0) is 16.5 Å². The second-order valence-corrected chi connectivity index (χ2v) is 3.64. The molecule has 0 aliphatic carbocycles. The second kappa shape index (κ2) is 4.61. The van der Waals surface area contributed by atoms with Gasteiger partial charge in [-0.25, -0.2) is 14.5 Å². The summed E-state index contributed by atoms with van der Waals surface area (Å²) in [4.78, 5) is 15.6. The zero-order chi connectivity index (χ0) is 11.5. The Labute approximate surface area is 93.6 Å². The van der Waals surface area contributed by atoms with Crippen LogP contribution in [0.4, 0.5) is 0 Å². The lowest BCUT2D eigenvalue weighted by molar-refractivity contribution is 0.0511. The van der Waals surface area contributed by atoms with Crippen LogP contribution in [0.5, 0.6) is 0 Å². The van der Waals surface area contributed by atoms with E-state index in [9.17, 15) is 4.79 Å². The second-order valence-electron chi connectivity index (χ2n) is 3.64. The van der Waals surface area contributed by atoms with Gasteiger partial charge in [-0.2, -0.15) is 0 Å². The number of hydrogen-bond acceptors (Lipinski definition) is 5. The van der Waals surface area contributed by atoms with E-state index in [-0.39, 0.29) is 11.9 Å². The molecule has 88 valence electrons. The highest BCUT2D eigenvalue weighted by Crippen LogP contribution is 2.26. The van der Waals surface area contributed by atoms with Crippen molar-refractivity contribution in [2.45, 2.75) is 25.9 Å². The third-order valence-corrected chi connectivity index (χ3v) is 2.47. The molecule has 1 aromatic rings. The summed E-state index contributed by atoms with van der Waals surface area (Å²) in [5, 5.41) is 4.02. The third-order valence-electron chi connectivity index (χ3n) is 2.47. The summed E-state index contributed by atoms with van der Waals surface area (Å²) in [6.45, 7) is 2.82. The number of ether oxygens (including phenoxy) is 2. The van der Waals surface area contributed by atoms with E-state index in [0.29, 0.717) is 12.4 Å². The standard InChI is InChI=1S/C10H15N3O3/c1-3-15-10(14)8-11-9(13(2)12-8)7-5-4-6-16-7/h7H,3-6H2,1-2H3. The predicted octanol–water partition coefficient (Wildman–Crippen LogP) is 0.843. The molecule has 16 heavy (non-hydrogen) atoms. The lowest BCUT2D eigenvalue weighted by atomic mass is 10.2. The van der Waals surface area contributed by atoms with Crippen molar-refractivity contribution in [3.63, 3.8) is 0 Å². The van der Waals surface area contributed by atoms with E-state index in [0.717, 1.165) is 19.4 Å². The highest BCUT2D eigenvalue weighted by molar-refractivity contribution is 5.84. The Balaban J connectivity index is 2.17. The van der Waals surface area contributed by atoms with Crippen LogP contribution in [0.2, 0.25) is 0 Å². The van der Waals surface area contributed by atoms with Gasteiger partial charge in [0.05, 0.1) is 6.61 Å². The Bertz CT molecular complexity index is 383. The number of aryl methyl sites for hydroxylation is 1. The fourth-order valence-electron chi connectivity index (χ4n) is 1.74. The van der Waals surface area contributed by atoms with Crippen molar-refractivity contribution < 1.29 is 14.3 Å². The van der Waals surface area contributed by atoms with Gasteiger partial charge < -0.3 is 9.47 Å². The van der Waals surface area contributed by atoms with Gasteiger partial charge in [-0.1, -0.05) is 0 Å². The number of rotatable bonds is 3. The summed E-state index contributed by atoms with van der Waals surface area (Å²) in [5.41, 5.74) is 0. The van der Waals surface area contributed by atoms with Crippen molar-refractivity contribution in [1.82, 2.24) is 14.8 Å². The normalized spacial score (nSPS) is 20.0. The fraction of sp³-hybridized carbons (Fsp3) is 0.700. The smallest absolute Gasteiger partial charge is 0.378 e. The summed E-state index contributed by atoms with van der Waals surface area (Å²) >= 11 is 0. The van der Waals surface area contributed by atoms with Gasteiger partial charge in [-0.05, 0) is 19.8 Å². The SMILES string of the molecule is CCOC(=O)c1nc(C2CCCO2)n(C)n1. The molecule has 0 N–H and O–H groups in total. The fourth-order valence-corrected chi connectivity index (χ4v) is 1.74. The average molecular weight is 225 g/mol. The number of esters is 1. The lowest BCUT2D eigenvalue weighted by Crippen LogP contribution is -2.07. The largest absolute Gasteiger partial charge is 0.460 e. The van der Waals surface area contributed by atoms with Crippen LogP contribution < -0.4 is 0 Å². The molecule has 2 heterocycles. The molecule has 0 saturated carbocycles. The summed E-state index contributed by atoms with van der Waals surface area (Å²) in [5.74, 6) is 0.317. The van der Waals surface area contributed by atoms with Crippen LogP contribution in [0.3, 0.4) is 0 Å². The van der Waals surface area contributed by atoms with E-state index in [1.54, 1.807) is 18.7 Å². The van der Waals surface area contributed by atoms with E-state index < -0.39 is 5.97 Å². The van der Waals surface area contributed by atoms with Crippen molar-refractivity contribution in [3.8, 4) is 0 Å². The van der Waals surface area contributed by atoms with Gasteiger partial charge in [0.15, 0.2) is 5.82 Å². The van der Waals surface area contributed by atoms with Crippen LogP contribution in [0.15, 0.2) is 0 Å². The van der Waals surface area contributed by atoms with Gasteiger partial charge in [0.1, 0.15) is 6.10 Å². The van der Waals surface area contributed by atoms with Crippen molar-refractivity contribution >= 4 is 5.97 Å². The van der Waals surface area contributed by atoms with E-state index in [4.69, 9.17) is 9.47 Å². The maximum atomic E-state index is 11.4. The minimum absolute atomic E-state index is 0.0410. The Morgan fingerprint density at radius 3 is 3.12 bits per heavy atom. The first-order valence-electron chi connectivity index (χ1n) is 5.42. The average Bonchev–Trinajstić information content (AvgIpc) is 2.86. The first-order valence-corrected chi connectivity index (χ1v) is 5.42. The Kier molecular flexibility index (Phi) is 3.19. The number of carbonyl (C=O) groups is 1. The molecule has 0 spiro atoms. The first kappa shape index (κ1) is 11.1. The Morgan fingerprint density at radius 1 is 1.69 bits per heavy atom. The summed E-state index contributed by atoms with van der Waals surface area (Å²) in [6, 6.07) is 0. The zero-order valence-electron chi connectivity index (χ0n) is 9.47. The molecule has 0 bridgehead atoms. The molecule has 0 radical (unpaired) electrons. The lowest BCUT2D eigenvalue weighted by Gasteiger charge is -2.06. The van der Waals surface area contributed by atoms with Crippen molar-refractivity contribution in [2.75, 3.05) is 13.2 Å². The molecule has 1 aromatic heterocycles. The van der Waals surface area contributed by atoms with Gasteiger partial charge in [0.2, 0.25) is 0 Å². The summed E-state index contributed by atoms with van der Waals surface area (Å²) in [6.07, 6.45) is 1.90. The quantitative estimate of drug-likeness (QED) is 0.713. The van der Waals surface area contributed by atoms with E-state index in [2.05, 4.69) is 10.1 Å². The number of hydrogen-bond donors (Lipinski definition) is 0. The maximum Gasteiger partial charge on any atom is 0.378 e. The summed E-state index contributed by atoms with van der Waals surface area (Å²) in [7, 11) is 1.76. The van der Waals surface area contributed by atoms with Gasteiger partial charge in [0, 0.05) is 13.7 Å². The van der Waals surface area contributed by atoms with Gasteiger partial charge >= 0.3 is 5.97 Å².